The zero-order chi connectivity index (χ0) is 33.5. The molecule has 3 atom stereocenters. The average molecular weight is 662 g/mol. The lowest BCUT2D eigenvalue weighted by atomic mass is 9.80. The zero-order valence-corrected chi connectivity index (χ0v) is 27.7. The van der Waals surface area contributed by atoms with Crippen LogP contribution < -0.4 is 20.7 Å². The molecule has 0 radical (unpaired) electrons. The van der Waals surface area contributed by atoms with Crippen LogP contribution in [0.15, 0.2) is 42.6 Å². The average Bonchev–Trinajstić information content (AvgIpc) is 3.88. The molecule has 252 valence electrons. The van der Waals surface area contributed by atoms with Crippen molar-refractivity contribution in [2.45, 2.75) is 74.9 Å². The highest BCUT2D eigenvalue weighted by atomic mass is 19.1. The van der Waals surface area contributed by atoms with Gasteiger partial charge < -0.3 is 20.7 Å². The maximum Gasteiger partial charge on any atom is 0.319 e. The van der Waals surface area contributed by atoms with Crippen molar-refractivity contribution >= 4 is 33.2 Å². The van der Waals surface area contributed by atoms with Crippen LogP contribution in [0.25, 0.3) is 32.9 Å². The van der Waals surface area contributed by atoms with Gasteiger partial charge in [0.2, 0.25) is 0 Å². The normalized spacial score (nSPS) is 27.0. The number of fused-ring (bicyclic) bond motifs is 5. The summed E-state index contributed by atoms with van der Waals surface area (Å²) < 4.78 is 38.6. The molecule has 2 aromatic heterocycles. The van der Waals surface area contributed by atoms with E-state index >= 15 is 4.39 Å². The number of aromatic nitrogens is 3. The number of terminal acetylenes is 1. The molecule has 49 heavy (non-hydrogen) atoms. The molecule has 5 fully saturated rings. The summed E-state index contributed by atoms with van der Waals surface area (Å²) in [5.74, 6) is 2.48. The number of halogens is 2. The Hall–Kier alpha value is -4.33. The predicted octanol–water partition coefficient (Wildman–Crippen LogP) is 6.36. The molecule has 2 aromatic carbocycles. The number of rotatable bonds is 6. The summed E-state index contributed by atoms with van der Waals surface area (Å²) in [4.78, 5) is 19.2. The predicted molar refractivity (Wildman–Crippen MR) is 188 cm³/mol. The maximum atomic E-state index is 17.1. The number of anilines is 2. The van der Waals surface area contributed by atoms with Gasteiger partial charge in [-0.25, -0.2) is 8.78 Å². The van der Waals surface area contributed by atoms with E-state index in [1.165, 1.54) is 37.3 Å². The number of nitrogen functional groups attached to an aromatic ring is 1. The third kappa shape index (κ3) is 4.88. The minimum Gasteiger partial charge on any atom is -0.461 e. The van der Waals surface area contributed by atoms with E-state index < -0.39 is 11.6 Å². The smallest absolute Gasteiger partial charge is 0.319 e. The molecule has 6 heterocycles. The summed E-state index contributed by atoms with van der Waals surface area (Å²) in [6.45, 7) is 8.09. The molecule has 0 unspecified atom stereocenters. The lowest BCUT2D eigenvalue weighted by Crippen LogP contribution is -2.62. The van der Waals surface area contributed by atoms with Gasteiger partial charge in [0, 0.05) is 54.0 Å². The van der Waals surface area contributed by atoms with Crippen LogP contribution in [0.2, 0.25) is 0 Å². The fourth-order valence-corrected chi connectivity index (χ4v) is 9.96. The first-order valence-corrected chi connectivity index (χ1v) is 17.7. The number of nitrogens with one attached hydrogen (secondary N) is 1. The van der Waals surface area contributed by atoms with E-state index in [1.807, 2.05) is 0 Å². The van der Waals surface area contributed by atoms with Crippen molar-refractivity contribution in [3.05, 3.63) is 59.8 Å². The van der Waals surface area contributed by atoms with Crippen LogP contribution in [0.3, 0.4) is 0 Å². The molecule has 4 aliphatic heterocycles. The van der Waals surface area contributed by atoms with Crippen LogP contribution in [0, 0.1) is 29.9 Å². The number of pyridine rings is 1. The Labute approximate surface area is 285 Å². The van der Waals surface area contributed by atoms with E-state index in [0.717, 1.165) is 58.3 Å². The maximum absolute atomic E-state index is 17.1. The molecule has 10 heteroatoms. The summed E-state index contributed by atoms with van der Waals surface area (Å²) in [5, 5.41) is 5.50. The summed E-state index contributed by atoms with van der Waals surface area (Å²) in [7, 11) is 0. The summed E-state index contributed by atoms with van der Waals surface area (Å²) >= 11 is 0. The number of piperazine rings is 1. The molecular formula is C39H41F2N7O. The first kappa shape index (κ1) is 30.7. The second-order valence-electron chi connectivity index (χ2n) is 15.1. The van der Waals surface area contributed by atoms with Crippen molar-refractivity contribution in [3.8, 4) is 29.6 Å². The molecule has 5 aliphatic rings. The topological polar surface area (TPSA) is 92.4 Å². The molecule has 3 N–H and O–H groups in total. The van der Waals surface area contributed by atoms with Crippen LogP contribution in [0.4, 0.5) is 20.3 Å². The first-order valence-electron chi connectivity index (χ1n) is 17.7. The van der Waals surface area contributed by atoms with Crippen molar-refractivity contribution in [1.82, 2.24) is 25.2 Å². The molecule has 2 bridgehead atoms. The van der Waals surface area contributed by atoms with Crippen LogP contribution >= 0.6 is 0 Å². The third-order valence-corrected chi connectivity index (χ3v) is 12.1. The highest BCUT2D eigenvalue weighted by molar-refractivity contribution is 6.03. The van der Waals surface area contributed by atoms with Crippen molar-refractivity contribution in [2.24, 2.45) is 5.92 Å². The van der Waals surface area contributed by atoms with E-state index in [2.05, 4.69) is 32.6 Å². The van der Waals surface area contributed by atoms with Crippen molar-refractivity contribution < 1.29 is 13.5 Å². The summed E-state index contributed by atoms with van der Waals surface area (Å²) in [5.41, 5.74) is 8.19. The number of benzene rings is 2. The zero-order valence-electron chi connectivity index (χ0n) is 27.7. The molecule has 0 amide bonds. The van der Waals surface area contributed by atoms with Gasteiger partial charge in [-0.3, -0.25) is 9.88 Å². The van der Waals surface area contributed by atoms with Crippen LogP contribution in [-0.4, -0.2) is 69.8 Å². The van der Waals surface area contributed by atoms with Crippen LogP contribution in [0.1, 0.15) is 63.4 Å². The molecule has 0 spiro atoms. The highest BCUT2D eigenvalue weighted by Crippen LogP contribution is 2.46. The van der Waals surface area contributed by atoms with Crippen molar-refractivity contribution in [3.63, 3.8) is 0 Å². The lowest BCUT2D eigenvalue weighted by Gasteiger charge is -2.45. The minimum atomic E-state index is -0.649. The molecule has 4 aromatic rings. The van der Waals surface area contributed by atoms with E-state index in [1.54, 1.807) is 24.4 Å². The van der Waals surface area contributed by atoms with Gasteiger partial charge in [-0.15, -0.1) is 6.42 Å². The van der Waals surface area contributed by atoms with Gasteiger partial charge >= 0.3 is 6.01 Å². The SMILES string of the molecule is C#Cc1c(F)ccc2cc(N)cc(-c3ncc4c(N5C[C@@H]6CC[C@](C7CCCC7)(C5)N6)nc(OC[C@@]56CCCN5CC(=C)C6)nc4c3F)c12. The van der Waals surface area contributed by atoms with E-state index in [9.17, 15) is 4.39 Å². The lowest BCUT2D eigenvalue weighted by molar-refractivity contribution is 0.108. The van der Waals surface area contributed by atoms with Gasteiger partial charge in [-0.05, 0) is 81.0 Å². The van der Waals surface area contributed by atoms with Gasteiger partial charge in [0.05, 0.1) is 16.5 Å². The Morgan fingerprint density at radius 3 is 2.82 bits per heavy atom. The van der Waals surface area contributed by atoms with E-state index in [-0.39, 0.29) is 33.9 Å². The standard InChI is InChI=1S/C39H41F2N7O/c1-3-28-31(40)10-9-24-15-26(42)16-29(32(24)28)34-33(41)35-30(18-43-34)36(47-20-27-11-13-39(21-47,46-27)25-7-4-5-8-25)45-37(44-35)49-22-38-12-6-14-48(38)19-23(2)17-38/h1,9-10,15-16,18,25,27,46H,2,4-8,11-14,17,19-22,42H2/t27-,38-,39+/m0/s1. The quantitative estimate of drug-likeness (QED) is 0.140. The summed E-state index contributed by atoms with van der Waals surface area (Å²) in [6, 6.07) is 6.67. The van der Waals surface area contributed by atoms with Crippen molar-refractivity contribution in [1.29, 1.82) is 0 Å². The van der Waals surface area contributed by atoms with Crippen LogP contribution in [0.5, 0.6) is 6.01 Å². The molecule has 9 rings (SSSR count). The highest BCUT2D eigenvalue weighted by Gasteiger charge is 2.50. The molecular weight excluding hydrogens is 620 g/mol. The van der Waals surface area contributed by atoms with Gasteiger partial charge in [0.25, 0.3) is 0 Å². The van der Waals surface area contributed by atoms with Crippen molar-refractivity contribution in [2.75, 3.05) is 43.4 Å². The van der Waals surface area contributed by atoms with Gasteiger partial charge in [-0.1, -0.05) is 37.0 Å². The Morgan fingerprint density at radius 2 is 1.98 bits per heavy atom. The van der Waals surface area contributed by atoms with E-state index in [0.29, 0.717) is 51.8 Å². The second kappa shape index (κ2) is 11.4. The second-order valence-corrected chi connectivity index (χ2v) is 15.1. The number of nitrogens with zero attached hydrogens (tertiary/aromatic N) is 5. The Balaban J connectivity index is 1.19. The number of hydrogen-bond donors (Lipinski definition) is 2. The number of hydrogen-bond acceptors (Lipinski definition) is 8. The van der Waals surface area contributed by atoms with E-state index in [4.69, 9.17) is 26.9 Å². The Morgan fingerprint density at radius 1 is 1.12 bits per heavy atom. The minimum absolute atomic E-state index is 0.00189. The van der Waals surface area contributed by atoms with Crippen LogP contribution in [-0.2, 0) is 0 Å². The number of ether oxygens (including phenoxy) is 1. The third-order valence-electron chi connectivity index (χ3n) is 12.1. The largest absolute Gasteiger partial charge is 0.461 e. The fourth-order valence-electron chi connectivity index (χ4n) is 9.96. The first-order chi connectivity index (χ1) is 23.8. The van der Waals surface area contributed by atoms with Gasteiger partial charge in [0.1, 0.15) is 29.5 Å². The Kier molecular flexibility index (Phi) is 7.12. The monoisotopic (exact) mass is 661 g/mol. The summed E-state index contributed by atoms with van der Waals surface area (Å²) in [6.07, 6.45) is 17.6. The Bertz CT molecular complexity index is 2070. The fraction of sp³-hybridized carbons (Fsp3) is 0.462. The van der Waals surface area contributed by atoms with Gasteiger partial charge in [0.15, 0.2) is 5.82 Å². The molecule has 4 saturated heterocycles. The number of nitrogens with two attached hydrogens (primary N) is 1. The van der Waals surface area contributed by atoms with Gasteiger partial charge in [-0.2, -0.15) is 9.97 Å². The molecule has 8 nitrogen and oxygen atoms in total. The molecule has 1 aliphatic carbocycles. The molecule has 1 saturated carbocycles.